The SMILES string of the molecule is C[N-]C.C[N-]C.C[NH-].C[NH-].C[NH-].C[NH-].[V+2].[V+2].[V].[V].[V]. The summed E-state index contributed by atoms with van der Waals surface area (Å²) in [7, 11) is 12.0. The molecule has 0 unspecified atom stereocenters. The van der Waals surface area contributed by atoms with Crippen molar-refractivity contribution < 1.29 is 92.8 Å². The molecule has 0 aliphatic carbocycles. The van der Waals surface area contributed by atoms with Gasteiger partial charge in [-0.15, -0.1) is 0 Å². The molecule has 0 aromatic heterocycles. The van der Waals surface area contributed by atoms with E-state index >= 15 is 0 Å². The van der Waals surface area contributed by atoms with Crippen LogP contribution in [-0.4, -0.2) is 56.4 Å². The van der Waals surface area contributed by atoms with E-state index in [1.807, 2.05) is 0 Å². The average molecular weight is 463 g/mol. The first-order chi connectivity index (χ1) is 6.83. The van der Waals surface area contributed by atoms with E-state index < -0.39 is 0 Å². The molecule has 0 bridgehead atoms. The molecular weight excluding hydrogens is 435 g/mol. The Kier molecular flexibility index (Phi) is 1560. The second-order valence-electron chi connectivity index (χ2n) is 0.894. The molecule has 0 aliphatic heterocycles. The van der Waals surface area contributed by atoms with Gasteiger partial charge in [-0.2, -0.15) is 56.4 Å². The minimum absolute atomic E-state index is 0. The van der Waals surface area contributed by atoms with Gasteiger partial charge in [-0.25, -0.2) is 0 Å². The molecule has 0 heterocycles. The van der Waals surface area contributed by atoms with Crippen molar-refractivity contribution in [3.63, 3.8) is 0 Å². The third kappa shape index (κ3) is 1000. The summed E-state index contributed by atoms with van der Waals surface area (Å²) in [6.07, 6.45) is 0. The van der Waals surface area contributed by atoms with Crippen molar-refractivity contribution in [2.75, 3.05) is 56.4 Å². The smallest absolute Gasteiger partial charge is 0.680 e. The Labute approximate surface area is 181 Å². The van der Waals surface area contributed by atoms with Crippen LogP contribution in [0.5, 0.6) is 0 Å². The van der Waals surface area contributed by atoms with Crippen LogP contribution in [0.15, 0.2) is 0 Å². The molecular formula is C8H28N6V5-2. The Bertz CT molecular complexity index is 31.6. The van der Waals surface area contributed by atoms with Crippen LogP contribution in [0.2, 0.25) is 0 Å². The minimum atomic E-state index is 0. The first kappa shape index (κ1) is 81.3. The Morgan fingerprint density at radius 3 is 0.421 bits per heavy atom. The maximum atomic E-state index is 5.75. The predicted molar refractivity (Wildman–Crippen MR) is 71.4 cm³/mol. The Hall–Kier alpha value is 2.68. The third-order valence-electron chi connectivity index (χ3n) is 0. The standard InChI is InChI=1S/2C2H6N.4CH4N.5V/c2*1-3-2;4*1-2;;;;;/h2*1-2H3;4*2H,1H3;;;;;/q6*-1;;;;2*+2. The van der Waals surface area contributed by atoms with Gasteiger partial charge in [0, 0.05) is 55.7 Å². The normalized spacial score (nSPS) is 3.16. The van der Waals surface area contributed by atoms with Gasteiger partial charge < -0.3 is 33.6 Å². The summed E-state index contributed by atoms with van der Waals surface area (Å²) < 4.78 is 0. The summed E-state index contributed by atoms with van der Waals surface area (Å²) in [5, 5.41) is 7.00. The molecule has 19 heavy (non-hydrogen) atoms. The molecule has 0 fully saturated rings. The van der Waals surface area contributed by atoms with Crippen molar-refractivity contribution in [1.82, 2.24) is 0 Å². The molecule has 117 valence electrons. The summed E-state index contributed by atoms with van der Waals surface area (Å²) in [5.41, 5.74) is 23.0. The molecule has 6 nitrogen and oxygen atoms in total. The van der Waals surface area contributed by atoms with Crippen molar-refractivity contribution in [1.29, 1.82) is 0 Å². The van der Waals surface area contributed by atoms with Crippen molar-refractivity contribution in [3.05, 3.63) is 33.6 Å². The molecule has 0 rings (SSSR count). The van der Waals surface area contributed by atoms with Gasteiger partial charge in [0.15, 0.2) is 0 Å². The molecule has 4 N–H and O–H groups in total. The van der Waals surface area contributed by atoms with Crippen LogP contribution in [0.1, 0.15) is 0 Å². The van der Waals surface area contributed by atoms with Gasteiger partial charge >= 0.3 is 37.1 Å². The van der Waals surface area contributed by atoms with E-state index in [-0.39, 0.29) is 92.8 Å². The van der Waals surface area contributed by atoms with E-state index in [1.165, 1.54) is 28.2 Å². The number of hydrogen-bond donors (Lipinski definition) is 0. The zero-order valence-electron chi connectivity index (χ0n) is 13.1. The largest absolute Gasteiger partial charge is 2.00 e. The second kappa shape index (κ2) is 365. The summed E-state index contributed by atoms with van der Waals surface area (Å²) in [6.45, 7) is 0. The fourth-order valence-electron chi connectivity index (χ4n) is 0. The number of nitrogens with zero attached hydrogens (tertiary/aromatic N) is 2. The van der Waals surface area contributed by atoms with Crippen LogP contribution >= 0.6 is 0 Å². The summed E-state index contributed by atoms with van der Waals surface area (Å²) in [5.74, 6) is 0. The molecule has 0 amide bonds. The number of nitrogens with one attached hydrogen (secondary N) is 4. The van der Waals surface area contributed by atoms with E-state index in [0.717, 1.165) is 0 Å². The number of hydrogen-bond acceptors (Lipinski definition) is 0. The second-order valence-corrected chi connectivity index (χ2v) is 0.894. The zero-order valence-corrected chi connectivity index (χ0v) is 20.1. The predicted octanol–water partition coefficient (Wildman–Crippen LogP) is 3.90. The zero-order chi connectivity index (χ0) is 13.4. The molecule has 0 spiro atoms. The molecule has 11 heteroatoms. The molecule has 0 saturated carbocycles. The van der Waals surface area contributed by atoms with E-state index in [2.05, 4.69) is 10.6 Å². The maximum absolute atomic E-state index is 5.75. The molecule has 5 radical (unpaired) electrons. The van der Waals surface area contributed by atoms with Crippen molar-refractivity contribution in [3.8, 4) is 0 Å². The fraction of sp³-hybridized carbons (Fsp3) is 1.00. The Morgan fingerprint density at radius 1 is 0.421 bits per heavy atom. The first-order valence-electron chi connectivity index (χ1n) is 3.79. The average Bonchev–Trinajstić information content (AvgIpc) is 2.31. The first-order valence-corrected chi connectivity index (χ1v) is 3.79. The topological polar surface area (TPSA) is 123 Å². The molecule has 0 aliphatic rings. The van der Waals surface area contributed by atoms with Crippen LogP contribution in [-0.2, 0) is 92.8 Å². The van der Waals surface area contributed by atoms with Crippen molar-refractivity contribution in [2.24, 2.45) is 0 Å². The van der Waals surface area contributed by atoms with Crippen LogP contribution in [0.3, 0.4) is 0 Å². The Balaban J connectivity index is -0.00000000431. The minimum Gasteiger partial charge on any atom is -0.680 e. The number of rotatable bonds is 0. The van der Waals surface area contributed by atoms with Gasteiger partial charge in [0.2, 0.25) is 0 Å². The van der Waals surface area contributed by atoms with Gasteiger partial charge in [-0.05, 0) is 0 Å². The maximum Gasteiger partial charge on any atom is 2.00 e. The summed E-state index contributed by atoms with van der Waals surface area (Å²) in [6, 6.07) is 0. The van der Waals surface area contributed by atoms with Gasteiger partial charge in [-0.3, -0.25) is 0 Å². The van der Waals surface area contributed by atoms with Gasteiger partial charge in [0.1, 0.15) is 0 Å². The van der Waals surface area contributed by atoms with Crippen LogP contribution < -0.4 is 0 Å². The summed E-state index contributed by atoms with van der Waals surface area (Å²) in [4.78, 5) is 0. The summed E-state index contributed by atoms with van der Waals surface area (Å²) >= 11 is 0. The van der Waals surface area contributed by atoms with Crippen LogP contribution in [0, 0.1) is 0 Å². The van der Waals surface area contributed by atoms with E-state index in [9.17, 15) is 0 Å². The van der Waals surface area contributed by atoms with Gasteiger partial charge in [0.25, 0.3) is 0 Å². The molecule has 0 atom stereocenters. The quantitative estimate of drug-likeness (QED) is 0.518. The molecule has 0 aromatic carbocycles. The van der Waals surface area contributed by atoms with Crippen molar-refractivity contribution in [2.45, 2.75) is 0 Å². The van der Waals surface area contributed by atoms with Gasteiger partial charge in [0.05, 0.1) is 0 Å². The monoisotopic (exact) mass is 463 g/mol. The molecule has 0 aromatic rings. The Morgan fingerprint density at radius 2 is 0.421 bits per heavy atom. The fourth-order valence-corrected chi connectivity index (χ4v) is 0. The van der Waals surface area contributed by atoms with Crippen LogP contribution in [0.4, 0.5) is 0 Å². The van der Waals surface area contributed by atoms with E-state index in [4.69, 9.17) is 22.9 Å². The molecule has 0 saturated heterocycles. The van der Waals surface area contributed by atoms with Crippen LogP contribution in [0.25, 0.3) is 33.6 Å². The van der Waals surface area contributed by atoms with Gasteiger partial charge in [-0.1, -0.05) is 0 Å². The third-order valence-corrected chi connectivity index (χ3v) is 0. The van der Waals surface area contributed by atoms with E-state index in [1.54, 1.807) is 28.2 Å². The van der Waals surface area contributed by atoms with E-state index in [0.29, 0.717) is 0 Å². The van der Waals surface area contributed by atoms with Crippen molar-refractivity contribution >= 4 is 0 Å².